The van der Waals surface area contributed by atoms with Crippen LogP contribution in [0.3, 0.4) is 0 Å². The topological polar surface area (TPSA) is 112 Å². The molecule has 0 saturated carbocycles. The third kappa shape index (κ3) is 4.13. The standard InChI is InChI=1S/C10H11N3O4S2/c1-17-7-3-4-9(19(14,15)16)8(5-7)13-10(18-2)12-6-11/h3-5H,1-2H3,(H,12,13)(H,14,15,16). The molecule has 0 aliphatic rings. The molecular weight excluding hydrogens is 290 g/mol. The molecule has 0 unspecified atom stereocenters. The first kappa shape index (κ1) is 15.3. The molecule has 1 aromatic carbocycles. The molecule has 19 heavy (non-hydrogen) atoms. The third-order valence-electron chi connectivity index (χ3n) is 2.02. The lowest BCUT2D eigenvalue weighted by Gasteiger charge is -2.07. The van der Waals surface area contributed by atoms with Gasteiger partial charge in [-0.2, -0.15) is 13.7 Å². The van der Waals surface area contributed by atoms with Crippen LogP contribution < -0.4 is 10.1 Å². The van der Waals surface area contributed by atoms with E-state index >= 15 is 0 Å². The van der Waals surface area contributed by atoms with Crippen LogP contribution in [0.4, 0.5) is 5.69 Å². The van der Waals surface area contributed by atoms with Crippen LogP contribution in [0.25, 0.3) is 0 Å². The second kappa shape index (κ2) is 6.42. The smallest absolute Gasteiger partial charge is 0.296 e. The van der Waals surface area contributed by atoms with E-state index in [1.165, 1.54) is 25.3 Å². The zero-order chi connectivity index (χ0) is 14.5. The van der Waals surface area contributed by atoms with Gasteiger partial charge in [-0.1, -0.05) is 11.8 Å². The van der Waals surface area contributed by atoms with Crippen LogP contribution in [-0.4, -0.2) is 31.5 Å². The van der Waals surface area contributed by atoms with Gasteiger partial charge in [0, 0.05) is 6.07 Å². The number of nitrogens with zero attached hydrogens (tertiary/aromatic N) is 2. The molecule has 0 aliphatic heterocycles. The van der Waals surface area contributed by atoms with E-state index in [4.69, 9.17) is 14.6 Å². The molecule has 0 aliphatic carbocycles. The first-order chi connectivity index (χ1) is 8.92. The molecule has 0 radical (unpaired) electrons. The molecule has 1 aromatic rings. The van der Waals surface area contributed by atoms with Gasteiger partial charge in [0.1, 0.15) is 10.6 Å². The molecule has 0 fully saturated rings. The molecule has 0 saturated heterocycles. The lowest BCUT2D eigenvalue weighted by atomic mass is 10.3. The van der Waals surface area contributed by atoms with E-state index < -0.39 is 10.1 Å². The van der Waals surface area contributed by atoms with Gasteiger partial charge in [0.05, 0.1) is 12.8 Å². The third-order valence-corrected chi connectivity index (χ3v) is 3.50. The number of thioether (sulfide) groups is 1. The number of ether oxygens (including phenoxy) is 1. The Labute approximate surface area is 115 Å². The summed E-state index contributed by atoms with van der Waals surface area (Å²) in [7, 11) is -2.99. The fourth-order valence-corrected chi connectivity index (χ4v) is 2.16. The van der Waals surface area contributed by atoms with Crippen molar-refractivity contribution < 1.29 is 17.7 Å². The van der Waals surface area contributed by atoms with Crippen LogP contribution in [-0.2, 0) is 10.1 Å². The summed E-state index contributed by atoms with van der Waals surface area (Å²) in [6.07, 6.45) is 3.34. The number of hydrogen-bond acceptors (Lipinski definition) is 6. The molecule has 1 rings (SSSR count). The van der Waals surface area contributed by atoms with Gasteiger partial charge in [-0.15, -0.1) is 0 Å². The summed E-state index contributed by atoms with van der Waals surface area (Å²) >= 11 is 1.12. The van der Waals surface area contributed by atoms with Crippen LogP contribution in [0, 0.1) is 11.5 Å². The summed E-state index contributed by atoms with van der Waals surface area (Å²) < 4.78 is 36.5. The van der Waals surface area contributed by atoms with Crippen molar-refractivity contribution in [3.63, 3.8) is 0 Å². The molecule has 0 atom stereocenters. The van der Waals surface area contributed by atoms with Gasteiger partial charge < -0.3 is 4.74 Å². The molecular formula is C10H11N3O4S2. The van der Waals surface area contributed by atoms with Gasteiger partial charge in [-0.3, -0.25) is 9.87 Å². The fraction of sp³-hybridized carbons (Fsp3) is 0.200. The summed E-state index contributed by atoms with van der Waals surface area (Å²) in [5.41, 5.74) is -0.0195. The molecule has 9 heteroatoms. The van der Waals surface area contributed by atoms with Crippen LogP contribution in [0.5, 0.6) is 5.75 Å². The average molecular weight is 301 g/mol. The molecule has 0 amide bonds. The van der Waals surface area contributed by atoms with Crippen LogP contribution in [0.15, 0.2) is 28.1 Å². The van der Waals surface area contributed by atoms with E-state index in [2.05, 4.69) is 10.3 Å². The second-order valence-electron chi connectivity index (χ2n) is 3.17. The van der Waals surface area contributed by atoms with Crippen molar-refractivity contribution in [3.8, 4) is 11.9 Å². The zero-order valence-electron chi connectivity index (χ0n) is 10.1. The number of amidine groups is 1. The zero-order valence-corrected chi connectivity index (χ0v) is 11.7. The fourth-order valence-electron chi connectivity index (χ4n) is 1.21. The number of benzene rings is 1. The highest BCUT2D eigenvalue weighted by Gasteiger charge is 2.16. The van der Waals surface area contributed by atoms with E-state index in [0.29, 0.717) is 5.75 Å². The molecule has 0 bridgehead atoms. The number of hydrogen-bond donors (Lipinski definition) is 2. The Morgan fingerprint density at radius 2 is 2.26 bits per heavy atom. The highest BCUT2D eigenvalue weighted by atomic mass is 32.2. The Hall–Kier alpha value is -1.76. The lowest BCUT2D eigenvalue weighted by Crippen LogP contribution is -2.12. The van der Waals surface area contributed by atoms with Crippen LogP contribution in [0.2, 0.25) is 0 Å². The Balaban J connectivity index is 3.42. The van der Waals surface area contributed by atoms with Gasteiger partial charge in [0.25, 0.3) is 10.1 Å². The Bertz CT molecular complexity index is 635. The minimum Gasteiger partial charge on any atom is -0.497 e. The first-order valence-electron chi connectivity index (χ1n) is 4.85. The summed E-state index contributed by atoms with van der Waals surface area (Å²) in [4.78, 5) is 3.61. The van der Waals surface area contributed by atoms with Crippen LogP contribution >= 0.6 is 11.8 Å². The minimum absolute atomic E-state index is 0.0195. The molecule has 0 aromatic heterocycles. The van der Waals surface area contributed by atoms with Gasteiger partial charge in [-0.05, 0) is 18.4 Å². The molecule has 102 valence electrons. The Morgan fingerprint density at radius 3 is 2.74 bits per heavy atom. The highest BCUT2D eigenvalue weighted by molar-refractivity contribution is 8.13. The predicted octanol–water partition coefficient (Wildman–Crippen LogP) is 1.36. The van der Waals surface area contributed by atoms with Crippen molar-refractivity contribution in [1.29, 1.82) is 5.26 Å². The maximum absolute atomic E-state index is 11.2. The van der Waals surface area contributed by atoms with E-state index in [1.54, 1.807) is 12.4 Å². The van der Waals surface area contributed by atoms with Crippen molar-refractivity contribution in [2.75, 3.05) is 13.4 Å². The van der Waals surface area contributed by atoms with Crippen molar-refractivity contribution in [2.24, 2.45) is 4.99 Å². The summed E-state index contributed by atoms with van der Waals surface area (Å²) in [6, 6.07) is 3.91. The predicted molar refractivity (Wildman–Crippen MR) is 72.2 cm³/mol. The SMILES string of the molecule is COc1ccc(S(=O)(=O)O)c(N=C(NC#N)SC)c1. The van der Waals surface area contributed by atoms with Crippen LogP contribution in [0.1, 0.15) is 0 Å². The highest BCUT2D eigenvalue weighted by Crippen LogP contribution is 2.29. The monoisotopic (exact) mass is 301 g/mol. The normalized spacial score (nSPS) is 11.8. The van der Waals surface area contributed by atoms with Gasteiger partial charge in [-0.25, -0.2) is 4.99 Å². The summed E-state index contributed by atoms with van der Waals surface area (Å²) in [6.45, 7) is 0. The number of rotatable bonds is 3. The van der Waals surface area contributed by atoms with E-state index in [9.17, 15) is 8.42 Å². The van der Waals surface area contributed by atoms with E-state index in [-0.39, 0.29) is 15.8 Å². The van der Waals surface area contributed by atoms with Crippen molar-refractivity contribution in [2.45, 2.75) is 4.90 Å². The molecule has 7 nitrogen and oxygen atoms in total. The van der Waals surface area contributed by atoms with Gasteiger partial charge in [0.15, 0.2) is 11.4 Å². The number of nitrogens with one attached hydrogen (secondary N) is 1. The number of methoxy groups -OCH3 is 1. The largest absolute Gasteiger partial charge is 0.497 e. The summed E-state index contributed by atoms with van der Waals surface area (Å²) in [5, 5.41) is 11.0. The summed E-state index contributed by atoms with van der Waals surface area (Å²) in [5.74, 6) is 0.378. The maximum Gasteiger partial charge on any atom is 0.296 e. The number of aliphatic imine (C=N–C) groups is 1. The van der Waals surface area contributed by atoms with E-state index in [0.717, 1.165) is 11.8 Å². The first-order valence-corrected chi connectivity index (χ1v) is 7.52. The molecule has 2 N–H and O–H groups in total. The van der Waals surface area contributed by atoms with Gasteiger partial charge >= 0.3 is 0 Å². The Kier molecular flexibility index (Phi) is 5.17. The van der Waals surface area contributed by atoms with Crippen molar-refractivity contribution in [3.05, 3.63) is 18.2 Å². The number of nitriles is 1. The lowest BCUT2D eigenvalue weighted by molar-refractivity contribution is 0.414. The minimum atomic E-state index is -4.41. The second-order valence-corrected chi connectivity index (χ2v) is 5.35. The Morgan fingerprint density at radius 1 is 1.58 bits per heavy atom. The van der Waals surface area contributed by atoms with Crippen molar-refractivity contribution >= 4 is 32.7 Å². The quantitative estimate of drug-likeness (QED) is 0.285. The van der Waals surface area contributed by atoms with E-state index in [1.807, 2.05) is 0 Å². The molecule has 0 heterocycles. The molecule has 0 spiro atoms. The van der Waals surface area contributed by atoms with Gasteiger partial charge in [0.2, 0.25) is 0 Å². The average Bonchev–Trinajstić information content (AvgIpc) is 2.36. The van der Waals surface area contributed by atoms with Crippen molar-refractivity contribution in [1.82, 2.24) is 5.32 Å². The maximum atomic E-state index is 11.2.